The molecule has 0 aromatic heterocycles. The van der Waals surface area contributed by atoms with Crippen LogP contribution in [0.3, 0.4) is 0 Å². The molecule has 0 saturated heterocycles. The van der Waals surface area contributed by atoms with E-state index < -0.39 is 0 Å². The number of fused-ring (bicyclic) bond motifs is 5. The van der Waals surface area contributed by atoms with Crippen molar-refractivity contribution < 1.29 is 5.21 Å². The monoisotopic (exact) mass is 289 g/mol. The Kier molecular flexibility index (Phi) is 3.17. The van der Waals surface area contributed by atoms with Gasteiger partial charge in [-0.2, -0.15) is 0 Å². The van der Waals surface area contributed by atoms with Crippen LogP contribution in [0.4, 0.5) is 0 Å². The molecule has 0 radical (unpaired) electrons. The molecule has 118 valence electrons. The molecule has 2 nitrogen and oxygen atoms in total. The third kappa shape index (κ3) is 1.86. The van der Waals surface area contributed by atoms with Gasteiger partial charge in [-0.3, -0.25) is 0 Å². The van der Waals surface area contributed by atoms with Gasteiger partial charge in [0.15, 0.2) is 0 Å². The molecule has 0 heterocycles. The molecule has 4 fully saturated rings. The molecular formula is C19H31NO. The van der Waals surface area contributed by atoms with Gasteiger partial charge in [-0.05, 0) is 86.4 Å². The van der Waals surface area contributed by atoms with E-state index in [1.807, 2.05) is 0 Å². The summed E-state index contributed by atoms with van der Waals surface area (Å²) in [4.78, 5) is 0. The van der Waals surface area contributed by atoms with Gasteiger partial charge >= 0.3 is 0 Å². The molecule has 0 amide bonds. The minimum absolute atomic E-state index is 0.423. The molecule has 6 atom stereocenters. The highest BCUT2D eigenvalue weighted by Gasteiger charge is 2.58. The van der Waals surface area contributed by atoms with E-state index in [2.05, 4.69) is 19.0 Å². The number of hydrogen-bond donors (Lipinski definition) is 1. The summed E-state index contributed by atoms with van der Waals surface area (Å²) in [6.07, 6.45) is 13.6. The van der Waals surface area contributed by atoms with Gasteiger partial charge in [0.2, 0.25) is 0 Å². The minimum Gasteiger partial charge on any atom is -0.411 e. The van der Waals surface area contributed by atoms with Crippen LogP contribution in [0.25, 0.3) is 0 Å². The Labute approximate surface area is 129 Å². The van der Waals surface area contributed by atoms with Crippen molar-refractivity contribution in [3.8, 4) is 0 Å². The fourth-order valence-corrected chi connectivity index (χ4v) is 7.30. The van der Waals surface area contributed by atoms with Gasteiger partial charge in [-0.15, -0.1) is 0 Å². The highest BCUT2D eigenvalue weighted by atomic mass is 16.4. The second kappa shape index (κ2) is 4.73. The summed E-state index contributed by atoms with van der Waals surface area (Å²) < 4.78 is 0. The van der Waals surface area contributed by atoms with Crippen LogP contribution in [-0.2, 0) is 0 Å². The number of nitrogens with zero attached hydrogens (tertiary/aromatic N) is 1. The van der Waals surface area contributed by atoms with Crippen molar-refractivity contribution in [2.75, 3.05) is 0 Å². The molecule has 4 saturated carbocycles. The molecule has 4 aliphatic carbocycles. The van der Waals surface area contributed by atoms with Gasteiger partial charge in [0, 0.05) is 5.92 Å². The summed E-state index contributed by atoms with van der Waals surface area (Å²) in [5.74, 6) is 3.42. The van der Waals surface area contributed by atoms with Gasteiger partial charge in [0.1, 0.15) is 0 Å². The van der Waals surface area contributed by atoms with E-state index in [4.69, 9.17) is 0 Å². The van der Waals surface area contributed by atoms with Crippen LogP contribution in [0.2, 0.25) is 0 Å². The number of oxime groups is 1. The van der Waals surface area contributed by atoms with E-state index >= 15 is 0 Å². The molecule has 0 aliphatic heterocycles. The smallest absolute Gasteiger partial charge is 0.0607 e. The first-order valence-corrected chi connectivity index (χ1v) is 9.29. The number of hydrogen-bond acceptors (Lipinski definition) is 2. The molecule has 21 heavy (non-hydrogen) atoms. The van der Waals surface area contributed by atoms with Crippen molar-refractivity contribution in [3.63, 3.8) is 0 Å². The van der Waals surface area contributed by atoms with Gasteiger partial charge in [-0.1, -0.05) is 25.4 Å². The third-order valence-corrected chi connectivity index (χ3v) is 8.33. The van der Waals surface area contributed by atoms with Crippen LogP contribution >= 0.6 is 0 Å². The first-order chi connectivity index (χ1) is 10.1. The van der Waals surface area contributed by atoms with Gasteiger partial charge in [-0.25, -0.2) is 0 Å². The Morgan fingerprint density at radius 3 is 2.62 bits per heavy atom. The molecule has 0 aromatic rings. The zero-order chi connectivity index (χ0) is 14.7. The van der Waals surface area contributed by atoms with E-state index in [1.165, 1.54) is 57.8 Å². The Morgan fingerprint density at radius 2 is 1.81 bits per heavy atom. The standard InChI is InChI=1S/C19H31NO/c1-18-10-3-5-14(18)13-7-8-16-17(20-21)6-4-11-19(16,2)15(13)9-12-18/h13-16,21H,3-12H2,1-2H3/b20-17+/t13-,14-,15-,16?,18-,19+/m0/s1. The van der Waals surface area contributed by atoms with E-state index in [1.54, 1.807) is 0 Å². The largest absolute Gasteiger partial charge is 0.411 e. The summed E-state index contributed by atoms with van der Waals surface area (Å²) in [5, 5.41) is 13.1. The van der Waals surface area contributed by atoms with Crippen molar-refractivity contribution in [2.45, 2.75) is 78.1 Å². The molecule has 0 spiro atoms. The summed E-state index contributed by atoms with van der Waals surface area (Å²) in [6, 6.07) is 0. The van der Waals surface area contributed by atoms with Gasteiger partial charge in [0.25, 0.3) is 0 Å². The summed E-state index contributed by atoms with van der Waals surface area (Å²) in [6.45, 7) is 5.12. The summed E-state index contributed by atoms with van der Waals surface area (Å²) in [5.41, 5.74) is 2.21. The quantitative estimate of drug-likeness (QED) is 0.479. The Bertz CT molecular complexity index is 458. The van der Waals surface area contributed by atoms with Crippen LogP contribution in [-0.4, -0.2) is 10.9 Å². The average Bonchev–Trinajstić information content (AvgIpc) is 2.87. The van der Waals surface area contributed by atoms with Crippen molar-refractivity contribution in [2.24, 2.45) is 39.7 Å². The van der Waals surface area contributed by atoms with Gasteiger partial charge < -0.3 is 5.21 Å². The molecule has 4 aliphatic rings. The lowest BCUT2D eigenvalue weighted by Crippen LogP contribution is -2.54. The molecule has 0 bridgehead atoms. The maximum absolute atomic E-state index is 9.42. The third-order valence-electron chi connectivity index (χ3n) is 8.33. The highest BCUT2D eigenvalue weighted by Crippen LogP contribution is 2.65. The van der Waals surface area contributed by atoms with E-state index in [9.17, 15) is 5.21 Å². The summed E-state index contributed by atoms with van der Waals surface area (Å²) >= 11 is 0. The highest BCUT2D eigenvalue weighted by molar-refractivity contribution is 5.87. The number of rotatable bonds is 0. The van der Waals surface area contributed by atoms with Crippen LogP contribution in [0.1, 0.15) is 78.1 Å². The Morgan fingerprint density at radius 1 is 0.952 bits per heavy atom. The SMILES string of the molecule is C[C@@]12CCC[C@H]1[C@@H]1CCC3/C(=N/O)CCC[C@]3(C)[C@H]1CC2. The lowest BCUT2D eigenvalue weighted by Gasteiger charge is -2.59. The lowest BCUT2D eigenvalue weighted by molar-refractivity contribution is -0.0795. The fourth-order valence-electron chi connectivity index (χ4n) is 7.30. The first kappa shape index (κ1) is 14.1. The average molecular weight is 289 g/mol. The van der Waals surface area contributed by atoms with Crippen molar-refractivity contribution in [1.29, 1.82) is 0 Å². The molecule has 2 heteroatoms. The molecule has 4 rings (SSSR count). The van der Waals surface area contributed by atoms with Gasteiger partial charge in [0.05, 0.1) is 5.71 Å². The lowest BCUT2D eigenvalue weighted by atomic mass is 9.45. The molecule has 1 N–H and O–H groups in total. The zero-order valence-corrected chi connectivity index (χ0v) is 13.8. The van der Waals surface area contributed by atoms with Crippen molar-refractivity contribution in [1.82, 2.24) is 0 Å². The predicted molar refractivity (Wildman–Crippen MR) is 85.6 cm³/mol. The maximum atomic E-state index is 9.42. The van der Waals surface area contributed by atoms with E-state index in [0.29, 0.717) is 16.7 Å². The predicted octanol–water partition coefficient (Wildman–Crippen LogP) is 5.25. The van der Waals surface area contributed by atoms with E-state index in [0.717, 1.165) is 29.9 Å². The Balaban J connectivity index is 1.67. The minimum atomic E-state index is 0.423. The topological polar surface area (TPSA) is 32.6 Å². The molecule has 0 aromatic carbocycles. The van der Waals surface area contributed by atoms with Crippen LogP contribution in [0.15, 0.2) is 5.16 Å². The van der Waals surface area contributed by atoms with Crippen LogP contribution in [0, 0.1) is 34.5 Å². The normalized spacial score (nSPS) is 54.9. The molecule has 1 unspecified atom stereocenters. The summed E-state index contributed by atoms with van der Waals surface area (Å²) in [7, 11) is 0. The van der Waals surface area contributed by atoms with E-state index in [-0.39, 0.29) is 0 Å². The Hall–Kier alpha value is -0.530. The van der Waals surface area contributed by atoms with Crippen molar-refractivity contribution in [3.05, 3.63) is 0 Å². The molecular weight excluding hydrogens is 258 g/mol. The second-order valence-corrected chi connectivity index (χ2v) is 9.04. The van der Waals surface area contributed by atoms with Crippen LogP contribution < -0.4 is 0 Å². The zero-order valence-electron chi connectivity index (χ0n) is 13.8. The maximum Gasteiger partial charge on any atom is 0.0607 e. The first-order valence-electron chi connectivity index (χ1n) is 9.29. The van der Waals surface area contributed by atoms with Crippen LogP contribution in [0.5, 0.6) is 0 Å². The second-order valence-electron chi connectivity index (χ2n) is 9.04. The fraction of sp³-hybridized carbons (Fsp3) is 0.947. The van der Waals surface area contributed by atoms with Crippen molar-refractivity contribution >= 4 is 5.71 Å².